The summed E-state index contributed by atoms with van der Waals surface area (Å²) in [5, 5.41) is 4.79. The van der Waals surface area contributed by atoms with E-state index in [-0.39, 0.29) is 12.0 Å². The minimum Gasteiger partial charge on any atom is -0.380 e. The van der Waals surface area contributed by atoms with E-state index >= 15 is 0 Å². The second-order valence-corrected chi connectivity index (χ2v) is 4.62. The van der Waals surface area contributed by atoms with Crippen LogP contribution in [0.3, 0.4) is 0 Å². The number of halogens is 1. The number of amides is 1. The van der Waals surface area contributed by atoms with Gasteiger partial charge in [0.05, 0.1) is 11.7 Å². The lowest BCUT2D eigenvalue weighted by Gasteiger charge is -2.12. The van der Waals surface area contributed by atoms with Gasteiger partial charge in [0.15, 0.2) is 0 Å². The number of benzene rings is 1. The Bertz CT molecular complexity index is 601. The number of methoxy groups -OCH3 is 1. The smallest absolute Gasteiger partial charge is 0.253 e. The van der Waals surface area contributed by atoms with Crippen LogP contribution in [0.2, 0.25) is 5.15 Å². The van der Waals surface area contributed by atoms with Gasteiger partial charge in [-0.3, -0.25) is 4.79 Å². The number of hydrogen-bond donors (Lipinski definition) is 1. The third-order valence-corrected chi connectivity index (χ3v) is 3.24. The fourth-order valence-electron chi connectivity index (χ4n) is 1.75. The van der Waals surface area contributed by atoms with Crippen molar-refractivity contribution < 1.29 is 9.53 Å². The Morgan fingerprint density at radius 1 is 1.42 bits per heavy atom. The highest BCUT2D eigenvalue weighted by Crippen LogP contribution is 2.23. The van der Waals surface area contributed by atoms with E-state index in [0.29, 0.717) is 17.3 Å². The highest BCUT2D eigenvalue weighted by atomic mass is 35.5. The van der Waals surface area contributed by atoms with Crippen LogP contribution in [0.25, 0.3) is 10.8 Å². The molecule has 1 unspecified atom stereocenters. The Morgan fingerprint density at radius 3 is 2.79 bits per heavy atom. The second-order valence-electron chi connectivity index (χ2n) is 4.26. The van der Waals surface area contributed by atoms with E-state index in [0.717, 1.165) is 10.8 Å². The summed E-state index contributed by atoms with van der Waals surface area (Å²) in [6, 6.07) is 7.44. The van der Waals surface area contributed by atoms with Crippen LogP contribution in [0.5, 0.6) is 0 Å². The van der Waals surface area contributed by atoms with E-state index in [4.69, 9.17) is 16.3 Å². The molecule has 0 radical (unpaired) electrons. The minimum absolute atomic E-state index is 0.0320. The topological polar surface area (TPSA) is 51.2 Å². The van der Waals surface area contributed by atoms with Gasteiger partial charge in [-0.1, -0.05) is 35.9 Å². The molecule has 0 saturated heterocycles. The van der Waals surface area contributed by atoms with Crippen molar-refractivity contribution in [1.29, 1.82) is 0 Å². The average molecular weight is 279 g/mol. The molecule has 1 heterocycles. The molecule has 1 atom stereocenters. The molecule has 0 bridgehead atoms. The Balaban J connectivity index is 2.30. The Hall–Kier alpha value is -1.65. The summed E-state index contributed by atoms with van der Waals surface area (Å²) in [5.41, 5.74) is 0.517. The van der Waals surface area contributed by atoms with E-state index in [9.17, 15) is 4.79 Å². The van der Waals surface area contributed by atoms with Crippen LogP contribution in [0.1, 0.15) is 17.3 Å². The molecule has 0 spiro atoms. The Labute approximate surface area is 116 Å². The monoisotopic (exact) mass is 278 g/mol. The van der Waals surface area contributed by atoms with Gasteiger partial charge < -0.3 is 10.1 Å². The maximum absolute atomic E-state index is 12.1. The number of hydrogen-bond acceptors (Lipinski definition) is 3. The molecule has 0 saturated carbocycles. The lowest BCUT2D eigenvalue weighted by Crippen LogP contribution is -2.31. The molecule has 2 aromatic rings. The highest BCUT2D eigenvalue weighted by molar-refractivity contribution is 6.34. The van der Waals surface area contributed by atoms with Crippen molar-refractivity contribution in [2.24, 2.45) is 0 Å². The van der Waals surface area contributed by atoms with Gasteiger partial charge in [-0.05, 0) is 12.3 Å². The SMILES string of the molecule is COC(C)CNC(=O)c1cnc(Cl)c2ccccc12. The summed E-state index contributed by atoms with van der Waals surface area (Å²) in [6.45, 7) is 2.34. The molecule has 19 heavy (non-hydrogen) atoms. The minimum atomic E-state index is -0.177. The first-order chi connectivity index (χ1) is 9.13. The van der Waals surface area contributed by atoms with E-state index in [1.54, 1.807) is 7.11 Å². The van der Waals surface area contributed by atoms with Gasteiger partial charge in [0.1, 0.15) is 5.15 Å². The summed E-state index contributed by atoms with van der Waals surface area (Å²) in [5.74, 6) is -0.177. The summed E-state index contributed by atoms with van der Waals surface area (Å²) in [4.78, 5) is 16.2. The van der Waals surface area contributed by atoms with Gasteiger partial charge in [0, 0.05) is 25.2 Å². The number of pyridine rings is 1. The largest absolute Gasteiger partial charge is 0.380 e. The molecule has 100 valence electrons. The Morgan fingerprint density at radius 2 is 2.11 bits per heavy atom. The van der Waals surface area contributed by atoms with Crippen molar-refractivity contribution in [3.05, 3.63) is 41.2 Å². The van der Waals surface area contributed by atoms with E-state index < -0.39 is 0 Å². The number of aromatic nitrogens is 1. The second kappa shape index (κ2) is 5.99. The lowest BCUT2D eigenvalue weighted by atomic mass is 10.1. The number of carbonyl (C=O) groups is 1. The summed E-state index contributed by atoms with van der Waals surface area (Å²) in [7, 11) is 1.61. The van der Waals surface area contributed by atoms with E-state index in [1.807, 2.05) is 31.2 Å². The molecule has 0 aliphatic carbocycles. The number of nitrogens with zero attached hydrogens (tertiary/aromatic N) is 1. The van der Waals surface area contributed by atoms with Crippen molar-refractivity contribution in [2.75, 3.05) is 13.7 Å². The fourth-order valence-corrected chi connectivity index (χ4v) is 1.97. The van der Waals surface area contributed by atoms with Crippen LogP contribution in [-0.2, 0) is 4.74 Å². The third kappa shape index (κ3) is 3.03. The van der Waals surface area contributed by atoms with Crippen LogP contribution in [0.15, 0.2) is 30.5 Å². The van der Waals surface area contributed by atoms with Crippen LogP contribution in [0, 0.1) is 0 Å². The molecule has 0 aliphatic rings. The standard InChI is InChI=1S/C14H15ClN2O2/c1-9(19-2)7-17-14(18)12-8-16-13(15)11-6-4-3-5-10(11)12/h3-6,8-9H,7H2,1-2H3,(H,17,18). The number of carbonyl (C=O) groups excluding carboxylic acids is 1. The van der Waals surface area contributed by atoms with Gasteiger partial charge in [-0.15, -0.1) is 0 Å². The molecule has 0 fully saturated rings. The zero-order valence-corrected chi connectivity index (χ0v) is 11.6. The molecule has 5 heteroatoms. The molecule has 0 aliphatic heterocycles. The maximum atomic E-state index is 12.1. The first-order valence-electron chi connectivity index (χ1n) is 5.97. The first kappa shape index (κ1) is 13.8. The van der Waals surface area contributed by atoms with Gasteiger partial charge in [-0.2, -0.15) is 0 Å². The number of nitrogens with one attached hydrogen (secondary N) is 1. The zero-order chi connectivity index (χ0) is 13.8. The van der Waals surface area contributed by atoms with Gasteiger partial charge in [0.25, 0.3) is 5.91 Å². The van der Waals surface area contributed by atoms with Crippen molar-refractivity contribution in [2.45, 2.75) is 13.0 Å². The first-order valence-corrected chi connectivity index (χ1v) is 6.35. The Kier molecular flexibility index (Phi) is 4.35. The molecule has 4 nitrogen and oxygen atoms in total. The molecule has 1 aromatic carbocycles. The van der Waals surface area contributed by atoms with E-state index in [2.05, 4.69) is 10.3 Å². The summed E-state index contributed by atoms with van der Waals surface area (Å²) >= 11 is 6.02. The molecule has 1 aromatic heterocycles. The predicted octanol–water partition coefficient (Wildman–Crippen LogP) is 2.65. The van der Waals surface area contributed by atoms with Crippen molar-refractivity contribution in [3.8, 4) is 0 Å². The highest BCUT2D eigenvalue weighted by Gasteiger charge is 2.13. The number of rotatable bonds is 4. The van der Waals surface area contributed by atoms with Crippen LogP contribution >= 0.6 is 11.6 Å². The quantitative estimate of drug-likeness (QED) is 0.875. The van der Waals surface area contributed by atoms with E-state index in [1.165, 1.54) is 6.20 Å². The third-order valence-electron chi connectivity index (χ3n) is 2.94. The van der Waals surface area contributed by atoms with Gasteiger partial charge in [0.2, 0.25) is 0 Å². The lowest BCUT2D eigenvalue weighted by molar-refractivity contribution is 0.0871. The van der Waals surface area contributed by atoms with Crippen molar-refractivity contribution in [1.82, 2.24) is 10.3 Å². The van der Waals surface area contributed by atoms with Gasteiger partial charge >= 0.3 is 0 Å². The van der Waals surface area contributed by atoms with Crippen LogP contribution < -0.4 is 5.32 Å². The van der Waals surface area contributed by atoms with Crippen molar-refractivity contribution in [3.63, 3.8) is 0 Å². The number of ether oxygens (including phenoxy) is 1. The van der Waals surface area contributed by atoms with Crippen LogP contribution in [-0.4, -0.2) is 30.6 Å². The summed E-state index contributed by atoms with van der Waals surface area (Å²) in [6.07, 6.45) is 1.47. The molecular formula is C14H15ClN2O2. The summed E-state index contributed by atoms with van der Waals surface area (Å²) < 4.78 is 5.09. The maximum Gasteiger partial charge on any atom is 0.253 e. The predicted molar refractivity (Wildman–Crippen MR) is 75.6 cm³/mol. The molecule has 1 amide bonds. The fraction of sp³-hybridized carbons (Fsp3) is 0.286. The van der Waals surface area contributed by atoms with Crippen LogP contribution in [0.4, 0.5) is 0 Å². The molecular weight excluding hydrogens is 264 g/mol. The molecule has 1 N–H and O–H groups in total. The average Bonchev–Trinajstić information content (AvgIpc) is 2.45. The zero-order valence-electron chi connectivity index (χ0n) is 10.8. The van der Waals surface area contributed by atoms with Crippen molar-refractivity contribution >= 4 is 28.3 Å². The molecule has 2 rings (SSSR count). The normalized spacial score (nSPS) is 12.4. The number of fused-ring (bicyclic) bond motifs is 1. The van der Waals surface area contributed by atoms with Gasteiger partial charge in [-0.25, -0.2) is 4.98 Å².